The molecule has 0 aromatic heterocycles. The summed E-state index contributed by atoms with van der Waals surface area (Å²) in [5.41, 5.74) is 15.7. The van der Waals surface area contributed by atoms with Crippen molar-refractivity contribution in [2.75, 3.05) is 0 Å². The highest BCUT2D eigenvalue weighted by Gasteiger charge is 2.30. The average molecular weight is 334 g/mol. The normalized spacial score (nSPS) is 12.4. The minimum atomic E-state index is 1.13. The van der Waals surface area contributed by atoms with Crippen molar-refractivity contribution < 1.29 is 0 Å². The van der Waals surface area contributed by atoms with Crippen LogP contribution < -0.4 is 0 Å². The van der Waals surface area contributed by atoms with E-state index in [1.165, 1.54) is 16.7 Å². The van der Waals surface area contributed by atoms with Gasteiger partial charge in [0.1, 0.15) is 0 Å². The first-order valence-electron chi connectivity index (χ1n) is 10.4. The highest BCUT2D eigenvalue weighted by Crippen LogP contribution is 2.48. The molecule has 1 aliphatic rings. The predicted molar refractivity (Wildman–Crippen MR) is 111 cm³/mol. The summed E-state index contributed by atoms with van der Waals surface area (Å²) in [5, 5.41) is 0. The predicted octanol–water partition coefficient (Wildman–Crippen LogP) is 6.64. The van der Waals surface area contributed by atoms with Gasteiger partial charge in [-0.3, -0.25) is 0 Å². The Hall–Kier alpha value is -1.56. The van der Waals surface area contributed by atoms with Crippen LogP contribution in [0.4, 0.5) is 0 Å². The molecule has 1 radical (unpaired) electrons. The molecule has 2 aromatic carbocycles. The van der Waals surface area contributed by atoms with Crippen LogP contribution in [0.25, 0.3) is 11.1 Å². The summed E-state index contributed by atoms with van der Waals surface area (Å²) in [6.07, 6.45) is 9.31. The molecule has 1 aliphatic carbocycles. The van der Waals surface area contributed by atoms with Crippen molar-refractivity contribution in [3.05, 3.63) is 63.1 Å². The van der Waals surface area contributed by atoms with Crippen LogP contribution in [0.5, 0.6) is 0 Å². The van der Waals surface area contributed by atoms with Crippen molar-refractivity contribution in [3.63, 3.8) is 0 Å². The molecule has 0 amide bonds. The monoisotopic (exact) mass is 333 g/mol. The molecule has 133 valence electrons. The van der Waals surface area contributed by atoms with Gasteiger partial charge in [-0.15, -0.1) is 0 Å². The van der Waals surface area contributed by atoms with Crippen LogP contribution in [0.3, 0.4) is 0 Å². The van der Waals surface area contributed by atoms with Gasteiger partial charge in [0.05, 0.1) is 0 Å². The van der Waals surface area contributed by atoms with Gasteiger partial charge in [0, 0.05) is 6.42 Å². The summed E-state index contributed by atoms with van der Waals surface area (Å²) in [7, 11) is 0. The standard InChI is InChI=1S/C25H33/c1-7-16-13-14-17-15-23-21(11-5)19(9-3)20(10-4)22(12-6)25(23)24(17)18(16)8-2/h13-15H,7-12H2,1-6H3. The second-order valence-electron chi connectivity index (χ2n) is 7.14. The van der Waals surface area contributed by atoms with Gasteiger partial charge in [-0.2, -0.15) is 0 Å². The molecule has 0 heteroatoms. The Morgan fingerprint density at radius 1 is 0.520 bits per heavy atom. The maximum Gasteiger partial charge on any atom is 0.0215 e. The number of hydrogen-bond acceptors (Lipinski definition) is 0. The van der Waals surface area contributed by atoms with Crippen LogP contribution in [-0.2, 0) is 38.5 Å². The minimum Gasteiger partial charge on any atom is -0.0613 e. The highest BCUT2D eigenvalue weighted by molar-refractivity contribution is 5.89. The van der Waals surface area contributed by atoms with Crippen LogP contribution in [-0.4, -0.2) is 0 Å². The van der Waals surface area contributed by atoms with E-state index in [4.69, 9.17) is 0 Å². The van der Waals surface area contributed by atoms with E-state index in [2.05, 4.69) is 60.1 Å². The van der Waals surface area contributed by atoms with Crippen LogP contribution in [0.15, 0.2) is 12.1 Å². The molecule has 2 aromatic rings. The molecule has 0 atom stereocenters. The summed E-state index contributed by atoms with van der Waals surface area (Å²) in [4.78, 5) is 0. The van der Waals surface area contributed by atoms with E-state index in [1.807, 2.05) is 0 Å². The first-order chi connectivity index (χ1) is 12.2. The Morgan fingerprint density at radius 2 is 1.08 bits per heavy atom. The van der Waals surface area contributed by atoms with Gasteiger partial charge in [-0.1, -0.05) is 53.7 Å². The fourth-order valence-electron chi connectivity index (χ4n) is 5.10. The lowest BCUT2D eigenvalue weighted by molar-refractivity contribution is 0.941. The van der Waals surface area contributed by atoms with E-state index in [0.29, 0.717) is 0 Å². The van der Waals surface area contributed by atoms with Crippen molar-refractivity contribution >= 4 is 0 Å². The largest absolute Gasteiger partial charge is 0.0613 e. The third-order valence-corrected chi connectivity index (χ3v) is 6.13. The van der Waals surface area contributed by atoms with E-state index in [9.17, 15) is 0 Å². The van der Waals surface area contributed by atoms with E-state index in [-0.39, 0.29) is 0 Å². The van der Waals surface area contributed by atoms with Gasteiger partial charge in [-0.05, 0) is 94.2 Å². The molecule has 0 spiro atoms. The molecule has 0 N–H and O–H groups in total. The average Bonchev–Trinajstić information content (AvgIpc) is 3.03. The molecular weight excluding hydrogens is 300 g/mol. The third-order valence-electron chi connectivity index (χ3n) is 6.13. The van der Waals surface area contributed by atoms with Crippen molar-refractivity contribution in [2.24, 2.45) is 0 Å². The molecule has 0 fully saturated rings. The Labute approximate surface area is 154 Å². The quantitative estimate of drug-likeness (QED) is 0.474. The van der Waals surface area contributed by atoms with Gasteiger partial charge in [0.25, 0.3) is 0 Å². The molecule has 25 heavy (non-hydrogen) atoms. The van der Waals surface area contributed by atoms with Crippen molar-refractivity contribution in [3.8, 4) is 11.1 Å². The van der Waals surface area contributed by atoms with E-state index < -0.39 is 0 Å². The fourth-order valence-corrected chi connectivity index (χ4v) is 5.10. The highest BCUT2D eigenvalue weighted by atomic mass is 14.3. The van der Waals surface area contributed by atoms with Gasteiger partial charge in [-0.25, -0.2) is 0 Å². The molecule has 0 bridgehead atoms. The topological polar surface area (TPSA) is 0 Å². The van der Waals surface area contributed by atoms with Gasteiger partial charge in [0.2, 0.25) is 0 Å². The molecule has 0 aliphatic heterocycles. The molecule has 0 unspecified atom stereocenters. The molecule has 0 heterocycles. The Balaban J connectivity index is 2.44. The first-order valence-corrected chi connectivity index (χ1v) is 10.4. The van der Waals surface area contributed by atoms with Crippen LogP contribution in [0, 0.1) is 6.42 Å². The molecule has 0 nitrogen and oxygen atoms in total. The zero-order chi connectivity index (χ0) is 18.1. The Bertz CT molecular complexity index is 793. The second kappa shape index (κ2) is 7.36. The number of hydrogen-bond donors (Lipinski definition) is 0. The lowest BCUT2D eigenvalue weighted by Gasteiger charge is -2.23. The Morgan fingerprint density at radius 3 is 1.60 bits per heavy atom. The van der Waals surface area contributed by atoms with Gasteiger partial charge >= 0.3 is 0 Å². The van der Waals surface area contributed by atoms with E-state index in [1.54, 1.807) is 38.9 Å². The summed E-state index contributed by atoms with van der Waals surface area (Å²) in [6, 6.07) is 4.72. The lowest BCUT2D eigenvalue weighted by Crippen LogP contribution is -2.08. The number of aryl methyl sites for hydroxylation is 1. The summed E-state index contributed by atoms with van der Waals surface area (Å²) >= 11 is 0. The maximum absolute atomic E-state index is 2.49. The van der Waals surface area contributed by atoms with Crippen molar-refractivity contribution in [1.29, 1.82) is 0 Å². The van der Waals surface area contributed by atoms with Crippen molar-refractivity contribution in [1.82, 2.24) is 0 Å². The number of fused-ring (bicyclic) bond motifs is 3. The SMILES string of the molecule is CCc1ccc2c(c1CC)-c1c(c(CC)c(CC)c(CC)c1CC)[CH]2. The summed E-state index contributed by atoms with van der Waals surface area (Å²) < 4.78 is 0. The van der Waals surface area contributed by atoms with Crippen LogP contribution in [0.1, 0.15) is 86.1 Å². The Kier molecular flexibility index (Phi) is 5.37. The van der Waals surface area contributed by atoms with Crippen LogP contribution >= 0.6 is 0 Å². The van der Waals surface area contributed by atoms with E-state index in [0.717, 1.165) is 38.5 Å². The molecule has 3 rings (SSSR count). The summed E-state index contributed by atoms with van der Waals surface area (Å²) in [5.74, 6) is 0. The van der Waals surface area contributed by atoms with Crippen LogP contribution in [0.2, 0.25) is 0 Å². The summed E-state index contributed by atoms with van der Waals surface area (Å²) in [6.45, 7) is 13.9. The molecular formula is C25H33. The zero-order valence-electron chi connectivity index (χ0n) is 17.0. The van der Waals surface area contributed by atoms with Crippen molar-refractivity contribution in [2.45, 2.75) is 80.1 Å². The smallest absolute Gasteiger partial charge is 0.0215 e. The fraction of sp³-hybridized carbons (Fsp3) is 0.480. The molecule has 0 saturated heterocycles. The number of rotatable bonds is 6. The third kappa shape index (κ3) is 2.65. The lowest BCUT2D eigenvalue weighted by atomic mass is 9.81. The van der Waals surface area contributed by atoms with E-state index >= 15 is 0 Å². The maximum atomic E-state index is 2.49. The first kappa shape index (κ1) is 18.2. The zero-order valence-corrected chi connectivity index (χ0v) is 17.0. The van der Waals surface area contributed by atoms with Gasteiger partial charge in [0.15, 0.2) is 0 Å². The minimum absolute atomic E-state index is 1.13. The second-order valence-corrected chi connectivity index (χ2v) is 7.14. The molecule has 0 saturated carbocycles. The van der Waals surface area contributed by atoms with Gasteiger partial charge < -0.3 is 0 Å². The number of benzene rings is 2.